The van der Waals surface area contributed by atoms with Crippen LogP contribution < -0.4 is 0 Å². The molecular formula is C19H13FN4OS. The minimum absolute atomic E-state index is 0.0859. The summed E-state index contributed by atoms with van der Waals surface area (Å²) in [6, 6.07) is 15.2. The zero-order valence-electron chi connectivity index (χ0n) is 13.5. The topological polar surface area (TPSA) is 60.7 Å². The zero-order chi connectivity index (χ0) is 17.9. The highest BCUT2D eigenvalue weighted by Crippen LogP contribution is 2.26. The van der Waals surface area contributed by atoms with Crippen LogP contribution >= 0.6 is 11.8 Å². The van der Waals surface area contributed by atoms with Crippen molar-refractivity contribution in [2.45, 2.75) is 5.03 Å². The molecule has 26 heavy (non-hydrogen) atoms. The summed E-state index contributed by atoms with van der Waals surface area (Å²) in [5, 5.41) is 5.87. The van der Waals surface area contributed by atoms with Crippen LogP contribution in [0.3, 0.4) is 0 Å². The Balaban J connectivity index is 1.58. The number of Topliss-reactive ketones (excluding diaryl/α,β-unsaturated/α-hetero) is 1. The second-order valence-electron chi connectivity index (χ2n) is 5.53. The molecule has 7 heteroatoms. The maximum atomic E-state index is 13.0. The summed E-state index contributed by atoms with van der Waals surface area (Å²) in [6.07, 6.45) is 3.17. The summed E-state index contributed by atoms with van der Waals surface area (Å²) in [5.41, 5.74) is 2.06. The normalized spacial score (nSPS) is 11.0. The molecule has 0 amide bonds. The molecule has 2 aromatic heterocycles. The Morgan fingerprint density at radius 1 is 1.04 bits per heavy atom. The fourth-order valence-corrected chi connectivity index (χ4v) is 3.40. The van der Waals surface area contributed by atoms with Crippen LogP contribution in [0.1, 0.15) is 10.4 Å². The number of benzene rings is 2. The van der Waals surface area contributed by atoms with Gasteiger partial charge in [-0.3, -0.25) is 4.79 Å². The summed E-state index contributed by atoms with van der Waals surface area (Å²) < 4.78 is 14.7. The summed E-state index contributed by atoms with van der Waals surface area (Å²) in [6.45, 7) is 0. The Bertz CT molecular complexity index is 1060. The first kappa shape index (κ1) is 16.4. The monoisotopic (exact) mass is 364 g/mol. The molecule has 0 atom stereocenters. The van der Waals surface area contributed by atoms with Gasteiger partial charge in [-0.1, -0.05) is 30.0 Å². The molecule has 0 unspecified atom stereocenters. The molecule has 0 saturated carbocycles. The van der Waals surface area contributed by atoms with Gasteiger partial charge in [0, 0.05) is 5.56 Å². The Hall–Kier alpha value is -3.06. The Morgan fingerprint density at radius 2 is 1.81 bits per heavy atom. The molecule has 0 aliphatic carbocycles. The molecule has 0 aliphatic heterocycles. The average Bonchev–Trinajstić information content (AvgIpc) is 3.12. The molecule has 128 valence electrons. The van der Waals surface area contributed by atoms with Gasteiger partial charge in [0.05, 0.1) is 23.0 Å². The van der Waals surface area contributed by atoms with Crippen molar-refractivity contribution in [1.82, 2.24) is 19.7 Å². The standard InChI is InChI=1S/C19H13FN4OS/c20-14-8-6-13(7-9-14)17(25)11-26-19-16-10-23-24(18(16)21-12-22-19)15-4-2-1-3-5-15/h1-10,12H,11H2. The lowest BCUT2D eigenvalue weighted by Gasteiger charge is -2.04. The van der Waals surface area contributed by atoms with Gasteiger partial charge in [-0.25, -0.2) is 19.0 Å². The lowest BCUT2D eigenvalue weighted by Crippen LogP contribution is -2.03. The van der Waals surface area contributed by atoms with E-state index in [1.54, 1.807) is 10.9 Å². The summed E-state index contributed by atoms with van der Waals surface area (Å²) in [5.74, 6) is -0.244. The highest BCUT2D eigenvalue weighted by molar-refractivity contribution is 8.00. The van der Waals surface area contributed by atoms with Crippen LogP contribution in [0.25, 0.3) is 16.7 Å². The number of thioether (sulfide) groups is 1. The van der Waals surface area contributed by atoms with Crippen LogP contribution in [0.2, 0.25) is 0 Å². The van der Waals surface area contributed by atoms with Crippen LogP contribution in [-0.2, 0) is 0 Å². The molecule has 0 fully saturated rings. The summed E-state index contributed by atoms with van der Waals surface area (Å²) >= 11 is 1.32. The van der Waals surface area contributed by atoms with Gasteiger partial charge in [0.15, 0.2) is 11.4 Å². The number of hydrogen-bond acceptors (Lipinski definition) is 5. The largest absolute Gasteiger partial charge is 0.293 e. The second-order valence-corrected chi connectivity index (χ2v) is 6.49. The smallest absolute Gasteiger partial charge is 0.173 e. The van der Waals surface area contributed by atoms with Gasteiger partial charge < -0.3 is 0 Å². The highest BCUT2D eigenvalue weighted by atomic mass is 32.2. The van der Waals surface area contributed by atoms with Crippen LogP contribution in [0.4, 0.5) is 4.39 Å². The van der Waals surface area contributed by atoms with E-state index in [-0.39, 0.29) is 17.4 Å². The third-order valence-corrected chi connectivity index (χ3v) is 4.84. The summed E-state index contributed by atoms with van der Waals surface area (Å²) in [7, 11) is 0. The van der Waals surface area contributed by atoms with Gasteiger partial charge in [0.2, 0.25) is 0 Å². The SMILES string of the molecule is O=C(CSc1ncnc2c1cnn2-c1ccccc1)c1ccc(F)cc1. The number of halogens is 1. The number of nitrogens with zero attached hydrogens (tertiary/aromatic N) is 4. The number of para-hydroxylation sites is 1. The number of hydrogen-bond donors (Lipinski definition) is 0. The van der Waals surface area contributed by atoms with E-state index in [1.165, 1.54) is 42.4 Å². The van der Waals surface area contributed by atoms with E-state index in [1.807, 2.05) is 30.3 Å². The summed E-state index contributed by atoms with van der Waals surface area (Å²) in [4.78, 5) is 20.9. The van der Waals surface area contributed by atoms with Gasteiger partial charge in [-0.15, -0.1) is 0 Å². The maximum absolute atomic E-state index is 13.0. The maximum Gasteiger partial charge on any atom is 0.173 e. The first-order chi connectivity index (χ1) is 12.7. The zero-order valence-corrected chi connectivity index (χ0v) is 14.4. The van der Waals surface area contributed by atoms with Crippen molar-refractivity contribution in [2.75, 3.05) is 5.75 Å². The molecular weight excluding hydrogens is 351 g/mol. The Morgan fingerprint density at radius 3 is 2.58 bits per heavy atom. The van der Waals surface area contributed by atoms with Crippen molar-refractivity contribution in [3.63, 3.8) is 0 Å². The molecule has 0 aliphatic rings. The number of ketones is 1. The van der Waals surface area contributed by atoms with Gasteiger partial charge >= 0.3 is 0 Å². The minimum atomic E-state index is -0.361. The molecule has 5 nitrogen and oxygen atoms in total. The molecule has 4 rings (SSSR count). The number of fused-ring (bicyclic) bond motifs is 1. The fraction of sp³-hybridized carbons (Fsp3) is 0.0526. The molecule has 2 heterocycles. The van der Waals surface area contributed by atoms with Crippen LogP contribution in [0.5, 0.6) is 0 Å². The minimum Gasteiger partial charge on any atom is -0.293 e. The molecule has 0 saturated heterocycles. The van der Waals surface area contributed by atoms with E-state index >= 15 is 0 Å². The fourth-order valence-electron chi connectivity index (χ4n) is 2.55. The van der Waals surface area contributed by atoms with E-state index < -0.39 is 0 Å². The quantitative estimate of drug-likeness (QED) is 0.305. The number of rotatable bonds is 5. The first-order valence-corrected chi connectivity index (χ1v) is 8.86. The Kier molecular flexibility index (Phi) is 4.45. The number of aromatic nitrogens is 4. The van der Waals surface area contributed by atoms with E-state index in [0.29, 0.717) is 16.2 Å². The molecule has 0 bridgehead atoms. The van der Waals surface area contributed by atoms with Gasteiger partial charge in [-0.2, -0.15) is 5.10 Å². The molecule has 4 aromatic rings. The van der Waals surface area contributed by atoms with Crippen LogP contribution in [-0.4, -0.2) is 31.3 Å². The predicted octanol–water partition coefficient (Wildman–Crippen LogP) is 3.93. The van der Waals surface area contributed by atoms with Crippen molar-refractivity contribution >= 4 is 28.6 Å². The Labute approximate surface area is 152 Å². The van der Waals surface area contributed by atoms with Crippen molar-refractivity contribution in [3.05, 3.63) is 78.5 Å². The van der Waals surface area contributed by atoms with Crippen molar-refractivity contribution in [1.29, 1.82) is 0 Å². The molecule has 0 N–H and O–H groups in total. The van der Waals surface area contributed by atoms with E-state index in [0.717, 1.165) is 11.1 Å². The average molecular weight is 364 g/mol. The molecule has 0 radical (unpaired) electrons. The van der Waals surface area contributed by atoms with Crippen LogP contribution in [0.15, 0.2) is 72.1 Å². The number of carbonyl (C=O) groups excluding carboxylic acids is 1. The second kappa shape index (κ2) is 7.05. The highest BCUT2D eigenvalue weighted by Gasteiger charge is 2.13. The van der Waals surface area contributed by atoms with Gasteiger partial charge in [0.25, 0.3) is 0 Å². The predicted molar refractivity (Wildman–Crippen MR) is 98.1 cm³/mol. The lowest BCUT2D eigenvalue weighted by atomic mass is 10.1. The number of carbonyl (C=O) groups is 1. The first-order valence-electron chi connectivity index (χ1n) is 7.88. The molecule has 2 aromatic carbocycles. The lowest BCUT2D eigenvalue weighted by molar-refractivity contribution is 0.102. The van der Waals surface area contributed by atoms with Crippen molar-refractivity contribution < 1.29 is 9.18 Å². The van der Waals surface area contributed by atoms with Crippen molar-refractivity contribution in [2.24, 2.45) is 0 Å². The molecule has 0 spiro atoms. The van der Waals surface area contributed by atoms with Crippen LogP contribution in [0, 0.1) is 5.82 Å². The van der Waals surface area contributed by atoms with E-state index in [9.17, 15) is 9.18 Å². The van der Waals surface area contributed by atoms with E-state index in [2.05, 4.69) is 15.1 Å². The third-order valence-electron chi connectivity index (χ3n) is 3.84. The third kappa shape index (κ3) is 3.21. The van der Waals surface area contributed by atoms with Gasteiger partial charge in [0.1, 0.15) is 17.2 Å². The van der Waals surface area contributed by atoms with E-state index in [4.69, 9.17) is 0 Å². The van der Waals surface area contributed by atoms with Gasteiger partial charge in [-0.05, 0) is 36.4 Å². The van der Waals surface area contributed by atoms with Crippen molar-refractivity contribution in [3.8, 4) is 5.69 Å².